The fraction of sp³-hybridized carbons (Fsp3) is 0.308. The Morgan fingerprint density at radius 2 is 2.31 bits per heavy atom. The van der Waals surface area contributed by atoms with E-state index in [9.17, 15) is 4.79 Å². The molecular weight excluding hydrogens is 268 g/mol. The molecule has 0 aliphatic carbocycles. The lowest BCUT2D eigenvalue weighted by Crippen LogP contribution is -2.02. The Bertz CT molecular complexity index is 372. The molecule has 0 bridgehead atoms. The number of carbonyl (C=O) groups excluding carboxylic acids is 1. The van der Waals surface area contributed by atoms with Crippen molar-refractivity contribution in [2.45, 2.75) is 19.8 Å². The minimum absolute atomic E-state index is 0.138. The molecule has 0 fully saturated rings. The summed E-state index contributed by atoms with van der Waals surface area (Å²) in [6.07, 6.45) is 5.15. The maximum absolute atomic E-state index is 11.0. The molecule has 0 spiro atoms. The molecule has 0 aliphatic heterocycles. The first-order valence-corrected chi connectivity index (χ1v) is 6.09. The summed E-state index contributed by atoms with van der Waals surface area (Å²) in [4.78, 5) is 11.0. The van der Waals surface area contributed by atoms with E-state index in [-0.39, 0.29) is 5.97 Å². The van der Waals surface area contributed by atoms with Gasteiger partial charge in [0, 0.05) is 10.9 Å². The number of hydrogen-bond donors (Lipinski definition) is 0. The summed E-state index contributed by atoms with van der Waals surface area (Å²) >= 11 is 3.41. The number of carbonyl (C=O) groups is 1. The Labute approximate surface area is 104 Å². The highest BCUT2D eigenvalue weighted by molar-refractivity contribution is 9.10. The summed E-state index contributed by atoms with van der Waals surface area (Å²) in [6, 6.07) is 8.01. The molecule has 0 heterocycles. The summed E-state index contributed by atoms with van der Waals surface area (Å²) < 4.78 is 5.89. The zero-order chi connectivity index (χ0) is 11.8. The highest BCUT2D eigenvalue weighted by Crippen LogP contribution is 2.13. The predicted molar refractivity (Wildman–Crippen MR) is 69.0 cm³/mol. The predicted octanol–water partition coefficient (Wildman–Crippen LogP) is 3.81. The molecule has 3 heteroatoms. The SMILES string of the molecule is CCOC(=O)CC/C=C/c1cccc(Br)c1. The lowest BCUT2D eigenvalue weighted by atomic mass is 10.2. The average Bonchev–Trinajstić information content (AvgIpc) is 2.25. The molecule has 0 radical (unpaired) electrons. The number of rotatable bonds is 5. The standard InChI is InChI=1S/C13H15BrO2/c1-2-16-13(15)9-4-3-6-11-7-5-8-12(14)10-11/h3,5-8,10H,2,4,9H2,1H3/b6-3+. The third kappa shape index (κ3) is 5.12. The molecule has 0 unspecified atom stereocenters. The normalized spacial score (nSPS) is 10.6. The number of allylic oxidation sites excluding steroid dienone is 1. The Hall–Kier alpha value is -1.09. The third-order valence-electron chi connectivity index (χ3n) is 1.98. The van der Waals surface area contributed by atoms with Crippen LogP contribution < -0.4 is 0 Å². The first-order valence-electron chi connectivity index (χ1n) is 5.30. The minimum atomic E-state index is -0.138. The topological polar surface area (TPSA) is 26.3 Å². The fourth-order valence-electron chi connectivity index (χ4n) is 1.26. The number of ether oxygens (including phenoxy) is 1. The van der Waals surface area contributed by atoms with Crippen LogP contribution in [0.2, 0.25) is 0 Å². The van der Waals surface area contributed by atoms with Crippen LogP contribution in [0, 0.1) is 0 Å². The molecule has 0 saturated heterocycles. The Morgan fingerprint density at radius 3 is 3.00 bits per heavy atom. The van der Waals surface area contributed by atoms with Crippen LogP contribution >= 0.6 is 15.9 Å². The quantitative estimate of drug-likeness (QED) is 0.768. The van der Waals surface area contributed by atoms with Crippen LogP contribution in [0.4, 0.5) is 0 Å². The van der Waals surface area contributed by atoms with Gasteiger partial charge < -0.3 is 4.74 Å². The maximum atomic E-state index is 11.0. The van der Waals surface area contributed by atoms with Gasteiger partial charge in [-0.2, -0.15) is 0 Å². The third-order valence-corrected chi connectivity index (χ3v) is 2.47. The van der Waals surface area contributed by atoms with Crippen LogP contribution in [0.3, 0.4) is 0 Å². The van der Waals surface area contributed by atoms with Crippen LogP contribution in [0.25, 0.3) is 6.08 Å². The minimum Gasteiger partial charge on any atom is -0.466 e. The van der Waals surface area contributed by atoms with Crippen molar-refractivity contribution >= 4 is 28.0 Å². The average molecular weight is 283 g/mol. The monoisotopic (exact) mass is 282 g/mol. The highest BCUT2D eigenvalue weighted by Gasteiger charge is 1.97. The van der Waals surface area contributed by atoms with E-state index < -0.39 is 0 Å². The van der Waals surface area contributed by atoms with E-state index in [1.807, 2.05) is 43.3 Å². The maximum Gasteiger partial charge on any atom is 0.306 e. The van der Waals surface area contributed by atoms with E-state index in [4.69, 9.17) is 4.74 Å². The first kappa shape index (κ1) is 13.0. The second-order valence-corrected chi connectivity index (χ2v) is 4.22. The van der Waals surface area contributed by atoms with Crippen molar-refractivity contribution in [3.8, 4) is 0 Å². The lowest BCUT2D eigenvalue weighted by Gasteiger charge is -1.98. The zero-order valence-electron chi connectivity index (χ0n) is 9.28. The Balaban J connectivity index is 2.35. The van der Waals surface area contributed by atoms with Gasteiger partial charge in [-0.05, 0) is 31.0 Å². The molecule has 2 nitrogen and oxygen atoms in total. The van der Waals surface area contributed by atoms with Crippen LogP contribution in [0.1, 0.15) is 25.3 Å². The van der Waals surface area contributed by atoms with Crippen LogP contribution in [-0.2, 0) is 9.53 Å². The smallest absolute Gasteiger partial charge is 0.306 e. The summed E-state index contributed by atoms with van der Waals surface area (Å²) in [5.74, 6) is -0.138. The van der Waals surface area contributed by atoms with E-state index in [0.29, 0.717) is 19.4 Å². The fourth-order valence-corrected chi connectivity index (χ4v) is 1.68. The summed E-state index contributed by atoms with van der Waals surface area (Å²) in [7, 11) is 0. The Kier molecular flexibility index (Phi) is 5.86. The van der Waals surface area contributed by atoms with Gasteiger partial charge in [-0.25, -0.2) is 0 Å². The van der Waals surface area contributed by atoms with Crippen molar-refractivity contribution in [1.82, 2.24) is 0 Å². The van der Waals surface area contributed by atoms with Gasteiger partial charge >= 0.3 is 5.97 Å². The molecule has 0 amide bonds. The van der Waals surface area contributed by atoms with Gasteiger partial charge in [0.1, 0.15) is 0 Å². The molecule has 86 valence electrons. The largest absolute Gasteiger partial charge is 0.466 e. The van der Waals surface area contributed by atoms with Crippen molar-refractivity contribution in [1.29, 1.82) is 0 Å². The van der Waals surface area contributed by atoms with E-state index >= 15 is 0 Å². The van der Waals surface area contributed by atoms with Crippen molar-refractivity contribution in [3.63, 3.8) is 0 Å². The van der Waals surface area contributed by atoms with Gasteiger partial charge in [0.2, 0.25) is 0 Å². The number of hydrogen-bond acceptors (Lipinski definition) is 2. The van der Waals surface area contributed by atoms with Gasteiger partial charge in [0.15, 0.2) is 0 Å². The molecule has 0 atom stereocenters. The van der Waals surface area contributed by atoms with Crippen LogP contribution in [0.5, 0.6) is 0 Å². The molecule has 1 aromatic rings. The van der Waals surface area contributed by atoms with Gasteiger partial charge in [0.05, 0.1) is 6.61 Å². The molecule has 0 N–H and O–H groups in total. The molecule has 0 saturated carbocycles. The number of esters is 1. The summed E-state index contributed by atoms with van der Waals surface area (Å²) in [5, 5.41) is 0. The van der Waals surface area contributed by atoms with Crippen molar-refractivity contribution in [3.05, 3.63) is 40.4 Å². The molecular formula is C13H15BrO2. The van der Waals surface area contributed by atoms with Gasteiger partial charge in [-0.15, -0.1) is 0 Å². The van der Waals surface area contributed by atoms with E-state index in [0.717, 1.165) is 10.0 Å². The Morgan fingerprint density at radius 1 is 1.50 bits per heavy atom. The number of benzene rings is 1. The first-order chi connectivity index (χ1) is 7.72. The second-order valence-electron chi connectivity index (χ2n) is 3.30. The van der Waals surface area contributed by atoms with Gasteiger partial charge in [-0.3, -0.25) is 4.79 Å². The molecule has 1 rings (SSSR count). The number of halogens is 1. The molecule has 16 heavy (non-hydrogen) atoms. The molecule has 0 aromatic heterocycles. The van der Waals surface area contributed by atoms with E-state index in [1.54, 1.807) is 0 Å². The highest BCUT2D eigenvalue weighted by atomic mass is 79.9. The molecule has 1 aromatic carbocycles. The summed E-state index contributed by atoms with van der Waals surface area (Å²) in [5.41, 5.74) is 1.12. The molecule has 0 aliphatic rings. The van der Waals surface area contributed by atoms with E-state index in [1.165, 1.54) is 0 Å². The summed E-state index contributed by atoms with van der Waals surface area (Å²) in [6.45, 7) is 2.27. The van der Waals surface area contributed by atoms with E-state index in [2.05, 4.69) is 15.9 Å². The van der Waals surface area contributed by atoms with Gasteiger partial charge in [0.25, 0.3) is 0 Å². The van der Waals surface area contributed by atoms with Gasteiger partial charge in [-0.1, -0.05) is 40.2 Å². The zero-order valence-corrected chi connectivity index (χ0v) is 10.9. The van der Waals surface area contributed by atoms with Crippen molar-refractivity contribution < 1.29 is 9.53 Å². The lowest BCUT2D eigenvalue weighted by molar-refractivity contribution is -0.142. The second kappa shape index (κ2) is 7.23. The van der Waals surface area contributed by atoms with Crippen molar-refractivity contribution in [2.75, 3.05) is 6.61 Å². The van der Waals surface area contributed by atoms with Crippen LogP contribution in [0.15, 0.2) is 34.8 Å². The van der Waals surface area contributed by atoms with Crippen LogP contribution in [-0.4, -0.2) is 12.6 Å². The van der Waals surface area contributed by atoms with Crippen molar-refractivity contribution in [2.24, 2.45) is 0 Å².